The maximum atomic E-state index is 12.4. The molecule has 19 heavy (non-hydrogen) atoms. The van der Waals surface area contributed by atoms with E-state index in [-0.39, 0.29) is 6.04 Å². The van der Waals surface area contributed by atoms with Crippen LogP contribution in [0.4, 0.5) is 5.69 Å². The zero-order valence-corrected chi connectivity index (χ0v) is 12.4. The zero-order valence-electron chi connectivity index (χ0n) is 11.6. The molecule has 0 atom stereocenters. The van der Waals surface area contributed by atoms with Crippen molar-refractivity contribution in [3.05, 3.63) is 29.3 Å². The Balaban J connectivity index is 2.28. The summed E-state index contributed by atoms with van der Waals surface area (Å²) < 4.78 is 27.8. The van der Waals surface area contributed by atoms with Gasteiger partial charge in [-0.25, -0.2) is 0 Å². The van der Waals surface area contributed by atoms with Gasteiger partial charge in [-0.1, -0.05) is 12.1 Å². The lowest BCUT2D eigenvalue weighted by Crippen LogP contribution is -2.46. The molecule has 0 amide bonds. The highest BCUT2D eigenvalue weighted by Crippen LogP contribution is 2.26. The molecule has 1 heterocycles. The van der Waals surface area contributed by atoms with Crippen LogP contribution < -0.4 is 5.73 Å². The summed E-state index contributed by atoms with van der Waals surface area (Å²) in [6, 6.07) is 5.63. The topological polar surface area (TPSA) is 66.6 Å². The molecular formula is C13H21N3O2S. The molecular weight excluding hydrogens is 262 g/mol. The fourth-order valence-electron chi connectivity index (χ4n) is 2.26. The Labute approximate surface area is 115 Å². The summed E-state index contributed by atoms with van der Waals surface area (Å²) in [5.41, 5.74) is 8.77. The van der Waals surface area contributed by atoms with E-state index in [1.54, 1.807) is 7.05 Å². The van der Waals surface area contributed by atoms with Gasteiger partial charge in [0.15, 0.2) is 0 Å². The number of anilines is 1. The molecule has 0 unspecified atom stereocenters. The predicted octanol–water partition coefficient (Wildman–Crippen LogP) is 1.21. The van der Waals surface area contributed by atoms with Crippen molar-refractivity contribution >= 4 is 15.9 Å². The van der Waals surface area contributed by atoms with Gasteiger partial charge >= 0.3 is 0 Å². The van der Waals surface area contributed by atoms with Crippen molar-refractivity contribution in [3.8, 4) is 0 Å². The number of rotatable bonds is 3. The quantitative estimate of drug-likeness (QED) is 0.848. The van der Waals surface area contributed by atoms with Crippen LogP contribution in [0.25, 0.3) is 0 Å². The molecule has 2 rings (SSSR count). The van der Waals surface area contributed by atoms with Crippen LogP contribution in [-0.2, 0) is 23.2 Å². The summed E-state index contributed by atoms with van der Waals surface area (Å²) in [7, 11) is -1.77. The van der Waals surface area contributed by atoms with Gasteiger partial charge in [0.25, 0.3) is 10.2 Å². The molecule has 106 valence electrons. The third-order valence-corrected chi connectivity index (χ3v) is 5.80. The largest absolute Gasteiger partial charge is 0.398 e. The number of nitrogens with two attached hydrogens (primary N) is 1. The Morgan fingerprint density at radius 2 is 2.05 bits per heavy atom. The summed E-state index contributed by atoms with van der Waals surface area (Å²) in [5.74, 6) is 0. The second-order valence-electron chi connectivity index (χ2n) is 5.19. The monoisotopic (exact) mass is 283 g/mol. The highest BCUT2D eigenvalue weighted by molar-refractivity contribution is 7.86. The number of nitrogen functional groups attached to an aromatic ring is 1. The number of fused-ring (bicyclic) bond motifs is 1. The molecule has 1 aliphatic rings. The van der Waals surface area contributed by atoms with Crippen LogP contribution in [-0.4, -0.2) is 36.7 Å². The van der Waals surface area contributed by atoms with Crippen LogP contribution in [0.15, 0.2) is 18.2 Å². The molecule has 0 radical (unpaired) electrons. The second-order valence-corrected chi connectivity index (χ2v) is 7.17. The standard InChI is InChI=1S/C13H21N3O2S/c1-10(2)15(3)19(17,18)16-8-7-12-11(9-16)5-4-6-13(12)14/h4-6,10H,7-9,14H2,1-3H3. The van der Waals surface area contributed by atoms with Gasteiger partial charge in [-0.3, -0.25) is 0 Å². The minimum absolute atomic E-state index is 0.0489. The summed E-state index contributed by atoms with van der Waals surface area (Å²) in [6.07, 6.45) is 0.674. The van der Waals surface area contributed by atoms with Gasteiger partial charge in [-0.2, -0.15) is 17.0 Å². The van der Waals surface area contributed by atoms with Crippen molar-refractivity contribution in [1.29, 1.82) is 0 Å². The van der Waals surface area contributed by atoms with Crippen LogP contribution in [0, 0.1) is 0 Å². The highest BCUT2D eigenvalue weighted by Gasteiger charge is 2.31. The predicted molar refractivity (Wildman–Crippen MR) is 76.8 cm³/mol. The molecule has 1 aromatic carbocycles. The number of benzene rings is 1. The van der Waals surface area contributed by atoms with E-state index in [4.69, 9.17) is 5.73 Å². The molecule has 0 bridgehead atoms. The van der Waals surface area contributed by atoms with Crippen LogP contribution in [0.5, 0.6) is 0 Å². The molecule has 0 aromatic heterocycles. The Bertz CT molecular complexity index is 569. The molecule has 0 fully saturated rings. The fraction of sp³-hybridized carbons (Fsp3) is 0.538. The summed E-state index contributed by atoms with van der Waals surface area (Å²) in [4.78, 5) is 0. The van der Waals surface area contributed by atoms with E-state index in [1.807, 2.05) is 32.0 Å². The van der Waals surface area contributed by atoms with Crippen LogP contribution >= 0.6 is 0 Å². The molecule has 6 heteroatoms. The van der Waals surface area contributed by atoms with E-state index in [0.717, 1.165) is 16.8 Å². The van der Waals surface area contributed by atoms with E-state index in [9.17, 15) is 8.42 Å². The fourth-order valence-corrected chi connectivity index (χ4v) is 3.78. The summed E-state index contributed by atoms with van der Waals surface area (Å²) in [5, 5.41) is 0. The molecule has 2 N–H and O–H groups in total. The van der Waals surface area contributed by atoms with E-state index >= 15 is 0 Å². The molecule has 1 aromatic rings. The normalized spacial score (nSPS) is 16.9. The Morgan fingerprint density at radius 1 is 1.37 bits per heavy atom. The van der Waals surface area contributed by atoms with Gasteiger partial charge in [-0.05, 0) is 37.5 Å². The Morgan fingerprint density at radius 3 is 2.68 bits per heavy atom. The van der Waals surface area contributed by atoms with E-state index < -0.39 is 10.2 Å². The number of hydrogen-bond acceptors (Lipinski definition) is 3. The third-order valence-electron chi connectivity index (χ3n) is 3.68. The van der Waals surface area contributed by atoms with Crippen LogP contribution in [0.1, 0.15) is 25.0 Å². The lowest BCUT2D eigenvalue weighted by molar-refractivity contribution is 0.323. The van der Waals surface area contributed by atoms with Gasteiger partial charge in [0.05, 0.1) is 0 Å². The molecule has 0 saturated heterocycles. The van der Waals surface area contributed by atoms with Crippen LogP contribution in [0.2, 0.25) is 0 Å². The second kappa shape index (κ2) is 5.11. The average Bonchev–Trinajstić information content (AvgIpc) is 2.37. The van der Waals surface area contributed by atoms with E-state index in [1.165, 1.54) is 8.61 Å². The maximum Gasteiger partial charge on any atom is 0.282 e. The Kier molecular flexibility index (Phi) is 3.85. The first-order valence-corrected chi connectivity index (χ1v) is 7.83. The maximum absolute atomic E-state index is 12.4. The number of nitrogens with zero attached hydrogens (tertiary/aromatic N) is 2. The number of hydrogen-bond donors (Lipinski definition) is 1. The minimum atomic E-state index is -3.39. The van der Waals surface area contributed by atoms with Crippen molar-refractivity contribution < 1.29 is 8.42 Å². The minimum Gasteiger partial charge on any atom is -0.398 e. The van der Waals surface area contributed by atoms with Gasteiger partial charge in [0.2, 0.25) is 0 Å². The SMILES string of the molecule is CC(C)N(C)S(=O)(=O)N1CCc2c(N)cccc2C1. The van der Waals surface area contributed by atoms with Gasteiger partial charge < -0.3 is 5.73 Å². The molecule has 1 aliphatic heterocycles. The van der Waals surface area contributed by atoms with Crippen molar-refractivity contribution in [3.63, 3.8) is 0 Å². The highest BCUT2D eigenvalue weighted by atomic mass is 32.2. The van der Waals surface area contributed by atoms with Gasteiger partial charge in [0, 0.05) is 31.9 Å². The van der Waals surface area contributed by atoms with Gasteiger partial charge in [-0.15, -0.1) is 0 Å². The zero-order chi connectivity index (χ0) is 14.2. The summed E-state index contributed by atoms with van der Waals surface area (Å²) in [6.45, 7) is 4.63. The summed E-state index contributed by atoms with van der Waals surface area (Å²) >= 11 is 0. The van der Waals surface area contributed by atoms with E-state index in [2.05, 4.69) is 0 Å². The van der Waals surface area contributed by atoms with Crippen molar-refractivity contribution in [2.45, 2.75) is 32.9 Å². The lowest BCUT2D eigenvalue weighted by atomic mass is 9.99. The molecule has 0 aliphatic carbocycles. The van der Waals surface area contributed by atoms with Crippen molar-refractivity contribution in [2.75, 3.05) is 19.3 Å². The first-order valence-electron chi connectivity index (χ1n) is 6.43. The first kappa shape index (κ1) is 14.3. The average molecular weight is 283 g/mol. The van der Waals surface area contributed by atoms with Crippen molar-refractivity contribution in [2.24, 2.45) is 0 Å². The van der Waals surface area contributed by atoms with E-state index in [0.29, 0.717) is 19.5 Å². The Hall–Kier alpha value is -1.11. The van der Waals surface area contributed by atoms with Gasteiger partial charge in [0.1, 0.15) is 0 Å². The molecule has 5 nitrogen and oxygen atoms in total. The lowest BCUT2D eigenvalue weighted by Gasteiger charge is -2.33. The smallest absolute Gasteiger partial charge is 0.282 e. The molecule has 0 saturated carbocycles. The van der Waals surface area contributed by atoms with Crippen molar-refractivity contribution in [1.82, 2.24) is 8.61 Å². The molecule has 0 spiro atoms. The third kappa shape index (κ3) is 2.61. The van der Waals surface area contributed by atoms with Crippen LogP contribution in [0.3, 0.4) is 0 Å². The first-order chi connectivity index (χ1) is 8.84.